The van der Waals surface area contributed by atoms with Gasteiger partial charge in [0.15, 0.2) is 0 Å². The molecule has 0 bridgehead atoms. The molecule has 0 saturated heterocycles. The molecule has 0 N–H and O–H groups in total. The summed E-state index contributed by atoms with van der Waals surface area (Å²) in [4.78, 5) is 0. The third-order valence-electron chi connectivity index (χ3n) is 7.95. The molecular weight excluding hydrogens is 515 g/mol. The third kappa shape index (κ3) is 3.96. The van der Waals surface area contributed by atoms with Gasteiger partial charge < -0.3 is 0 Å². The van der Waals surface area contributed by atoms with Gasteiger partial charge in [-0.1, -0.05) is 140 Å². The Morgan fingerprint density at radius 2 is 0.927 bits per heavy atom. The van der Waals surface area contributed by atoms with Crippen molar-refractivity contribution in [2.24, 2.45) is 0 Å². The molecule has 0 atom stereocenters. The van der Waals surface area contributed by atoms with Gasteiger partial charge in [0.25, 0.3) is 0 Å². The van der Waals surface area contributed by atoms with Gasteiger partial charge in [-0.05, 0) is 56.1 Å². The molecule has 192 valence electrons. The Hall–Kier alpha value is -5.04. The zero-order valence-electron chi connectivity index (χ0n) is 22.3. The highest BCUT2D eigenvalue weighted by Gasteiger charge is 2.17. The van der Waals surface area contributed by atoms with Crippen LogP contribution in [-0.4, -0.2) is 9.08 Å². The fourth-order valence-corrected chi connectivity index (χ4v) is 7.03. The summed E-state index contributed by atoms with van der Waals surface area (Å²) in [5, 5.41) is 4.97. The van der Waals surface area contributed by atoms with E-state index in [2.05, 4.69) is 156 Å². The minimum atomic E-state index is 0.898. The molecule has 0 amide bonds. The molecule has 0 fully saturated rings. The van der Waals surface area contributed by atoms with E-state index in [1.165, 1.54) is 55.0 Å². The van der Waals surface area contributed by atoms with Crippen LogP contribution in [0.25, 0.3) is 71.6 Å². The summed E-state index contributed by atoms with van der Waals surface area (Å²) >= 11 is 0. The maximum absolute atomic E-state index is 5.15. The highest BCUT2D eigenvalue weighted by Crippen LogP contribution is 2.41. The van der Waals surface area contributed by atoms with E-state index in [1.807, 2.05) is 0 Å². The van der Waals surface area contributed by atoms with Crippen LogP contribution >= 0.6 is 8.51 Å². The maximum atomic E-state index is 5.15. The summed E-state index contributed by atoms with van der Waals surface area (Å²) in [6.45, 7) is 0. The van der Waals surface area contributed by atoms with Gasteiger partial charge >= 0.3 is 0 Å². The summed E-state index contributed by atoms with van der Waals surface area (Å²) < 4.78 is 7.49. The van der Waals surface area contributed by atoms with E-state index < -0.39 is 0 Å². The van der Waals surface area contributed by atoms with Crippen molar-refractivity contribution in [3.8, 4) is 39.1 Å². The Labute approximate surface area is 240 Å². The second-order valence-electron chi connectivity index (χ2n) is 10.3. The van der Waals surface area contributed by atoms with E-state index in [1.54, 1.807) is 0 Å². The van der Waals surface area contributed by atoms with Crippen molar-refractivity contribution in [2.75, 3.05) is 0 Å². The van der Waals surface area contributed by atoms with Crippen LogP contribution in [0.4, 0.5) is 0 Å². The van der Waals surface area contributed by atoms with Crippen LogP contribution in [0.5, 0.6) is 0 Å². The first-order valence-corrected chi connectivity index (χ1v) is 14.7. The van der Waals surface area contributed by atoms with Crippen LogP contribution in [0.2, 0.25) is 0 Å². The molecule has 8 rings (SSSR count). The van der Waals surface area contributed by atoms with Crippen molar-refractivity contribution < 1.29 is 0 Å². The van der Waals surface area contributed by atoms with Crippen LogP contribution in [0.15, 0.2) is 152 Å². The smallest absolute Gasteiger partial charge is 0.138 e. The summed E-state index contributed by atoms with van der Waals surface area (Å²) in [7, 11) is 0.898. The Morgan fingerprint density at radius 1 is 0.415 bits per heavy atom. The number of aromatic nitrogens is 2. The third-order valence-corrected chi connectivity index (χ3v) is 8.85. The van der Waals surface area contributed by atoms with Crippen molar-refractivity contribution in [3.05, 3.63) is 152 Å². The fraction of sp³-hybridized carbons (Fsp3) is 0. The van der Waals surface area contributed by atoms with Crippen molar-refractivity contribution >= 4 is 41.1 Å². The summed E-state index contributed by atoms with van der Waals surface area (Å²) in [5.74, 6) is 0. The molecule has 0 spiro atoms. The van der Waals surface area contributed by atoms with Crippen molar-refractivity contribution in [1.82, 2.24) is 9.08 Å². The number of fused-ring (bicyclic) bond motifs is 3. The maximum Gasteiger partial charge on any atom is 0.138 e. The average Bonchev–Trinajstić information content (AvgIpc) is 3.49. The monoisotopic (exact) mass is 540 g/mol. The second-order valence-corrected chi connectivity index (χ2v) is 11.1. The Balaban J connectivity index is 1.38. The normalized spacial score (nSPS) is 11.6. The van der Waals surface area contributed by atoms with E-state index in [9.17, 15) is 0 Å². The van der Waals surface area contributed by atoms with Crippen LogP contribution in [0.1, 0.15) is 0 Å². The lowest BCUT2D eigenvalue weighted by atomic mass is 9.91. The lowest BCUT2D eigenvalue weighted by Crippen LogP contribution is -1.93. The van der Waals surface area contributed by atoms with Gasteiger partial charge in [-0.15, -0.1) is 0 Å². The quantitative estimate of drug-likeness (QED) is 0.217. The molecule has 0 saturated carbocycles. The molecule has 1 heterocycles. The van der Waals surface area contributed by atoms with Gasteiger partial charge in [0.05, 0.1) is 11.2 Å². The van der Waals surface area contributed by atoms with Gasteiger partial charge in [-0.25, -0.2) is 4.75 Å². The zero-order chi connectivity index (χ0) is 27.2. The average molecular weight is 541 g/mol. The Kier molecular flexibility index (Phi) is 5.72. The Bertz CT molecular complexity index is 2190. The molecule has 1 aromatic heterocycles. The summed E-state index contributed by atoms with van der Waals surface area (Å²) in [6, 6.07) is 54.3. The van der Waals surface area contributed by atoms with Gasteiger partial charge in [-0.3, -0.25) is 4.33 Å². The van der Waals surface area contributed by atoms with Gasteiger partial charge in [0, 0.05) is 10.9 Å². The van der Waals surface area contributed by atoms with Gasteiger partial charge in [0.2, 0.25) is 0 Å². The van der Waals surface area contributed by atoms with E-state index >= 15 is 0 Å². The highest BCUT2D eigenvalue weighted by atomic mass is 31.1. The van der Waals surface area contributed by atoms with Crippen molar-refractivity contribution in [3.63, 3.8) is 0 Å². The molecule has 8 aromatic rings. The topological polar surface area (TPSA) is 17.8 Å². The molecule has 0 aliphatic carbocycles. The number of benzene rings is 7. The molecule has 0 aliphatic heterocycles. The van der Waals surface area contributed by atoms with E-state index in [0.717, 1.165) is 25.1 Å². The molecular formula is C38H25N2P. The lowest BCUT2D eigenvalue weighted by molar-refractivity contribution is 1.28. The first-order valence-electron chi connectivity index (χ1n) is 13.9. The van der Waals surface area contributed by atoms with E-state index in [-0.39, 0.29) is 0 Å². The molecule has 2 nitrogen and oxygen atoms in total. The lowest BCUT2D eigenvalue weighted by Gasteiger charge is -2.14. The van der Waals surface area contributed by atoms with Gasteiger partial charge in [0.1, 0.15) is 14.0 Å². The van der Waals surface area contributed by atoms with Crippen LogP contribution in [-0.2, 0) is 0 Å². The van der Waals surface area contributed by atoms with E-state index in [0.29, 0.717) is 0 Å². The van der Waals surface area contributed by atoms with Crippen molar-refractivity contribution in [1.29, 1.82) is 0 Å². The minimum Gasteiger partial charge on any atom is -0.275 e. The summed E-state index contributed by atoms with van der Waals surface area (Å²) in [5.41, 5.74) is 10.6. The standard InChI is InChI=1S/C38H25N2P/c1-3-12-26(13-4-1)30-20-7-16-28-17-9-22-32(36(28)30)33-23-11-25-35-38(33)39-41-40(35)34-24-10-19-29-18-8-21-31(37(29)34)27-14-5-2-6-15-27/h1-25H. The van der Waals surface area contributed by atoms with E-state index in [4.69, 9.17) is 4.75 Å². The summed E-state index contributed by atoms with van der Waals surface area (Å²) in [6.07, 6.45) is 0. The first kappa shape index (κ1) is 23.8. The number of rotatable bonds is 4. The molecule has 41 heavy (non-hydrogen) atoms. The molecule has 0 aliphatic rings. The largest absolute Gasteiger partial charge is 0.275 e. The predicted octanol–water partition coefficient (Wildman–Crippen LogP) is 10.9. The fourth-order valence-electron chi connectivity index (χ4n) is 6.12. The first-order chi connectivity index (χ1) is 20.4. The molecule has 0 unspecified atom stereocenters. The van der Waals surface area contributed by atoms with Crippen LogP contribution in [0.3, 0.4) is 0 Å². The van der Waals surface area contributed by atoms with Crippen LogP contribution < -0.4 is 0 Å². The second kappa shape index (κ2) is 9.86. The number of hydrogen-bond acceptors (Lipinski definition) is 1. The number of hydrogen-bond donors (Lipinski definition) is 0. The van der Waals surface area contributed by atoms with Gasteiger partial charge in [-0.2, -0.15) is 0 Å². The Morgan fingerprint density at radius 3 is 1.59 bits per heavy atom. The minimum absolute atomic E-state index is 0.898. The molecule has 3 heteroatoms. The zero-order valence-corrected chi connectivity index (χ0v) is 23.2. The molecule has 0 radical (unpaired) electrons. The SMILES string of the molecule is c1ccc(-c2cccc3cccc(-c4cccc5c4npn5-c4cccc5cccc(-c6ccccc6)c45)c23)cc1. The predicted molar refractivity (Wildman–Crippen MR) is 175 cm³/mol. The highest BCUT2D eigenvalue weighted by molar-refractivity contribution is 7.22. The van der Waals surface area contributed by atoms with Crippen LogP contribution in [0, 0.1) is 0 Å². The molecule has 7 aromatic carbocycles. The number of nitrogens with zero attached hydrogens (tertiary/aromatic N) is 2. The van der Waals surface area contributed by atoms with Crippen molar-refractivity contribution in [2.45, 2.75) is 0 Å².